The molecule has 1 aromatic heterocycles. The summed E-state index contributed by atoms with van der Waals surface area (Å²) in [5.74, 6) is 0. The molecule has 15 heavy (non-hydrogen) atoms. The molecular formula is C12H22N3+. The monoisotopic (exact) mass is 208 g/mol. The van der Waals surface area contributed by atoms with E-state index in [0.29, 0.717) is 0 Å². The average Bonchev–Trinajstić information content (AvgIpc) is 2.66. The number of hydrogen-bond acceptors (Lipinski definition) is 1. The largest absolute Gasteiger partial charge is 0.303 e. The van der Waals surface area contributed by atoms with Crippen LogP contribution >= 0.6 is 0 Å². The maximum absolute atomic E-state index is 2.60. The fourth-order valence-corrected chi connectivity index (χ4v) is 2.29. The number of aryl methyl sites for hydroxylation is 2. The van der Waals surface area contributed by atoms with Gasteiger partial charge in [-0.15, -0.1) is 0 Å². The van der Waals surface area contributed by atoms with Crippen molar-refractivity contribution in [3.05, 3.63) is 18.7 Å². The molecule has 84 valence electrons. The van der Waals surface area contributed by atoms with E-state index in [-0.39, 0.29) is 0 Å². The second kappa shape index (κ2) is 5.31. The first-order valence-corrected chi connectivity index (χ1v) is 6.08. The van der Waals surface area contributed by atoms with Gasteiger partial charge in [-0.1, -0.05) is 6.42 Å². The van der Waals surface area contributed by atoms with Crippen LogP contribution < -0.4 is 4.57 Å². The van der Waals surface area contributed by atoms with E-state index in [1.807, 2.05) is 0 Å². The predicted octanol–water partition coefficient (Wildman–Crippen LogP) is 1.19. The van der Waals surface area contributed by atoms with Gasteiger partial charge in [0.2, 0.25) is 6.33 Å². The van der Waals surface area contributed by atoms with Gasteiger partial charge in [0.1, 0.15) is 12.4 Å². The van der Waals surface area contributed by atoms with Crippen molar-refractivity contribution in [2.45, 2.75) is 32.2 Å². The maximum Gasteiger partial charge on any atom is 0.243 e. The Kier molecular flexibility index (Phi) is 3.78. The third-order valence-corrected chi connectivity index (χ3v) is 3.16. The Morgan fingerprint density at radius 3 is 2.60 bits per heavy atom. The summed E-state index contributed by atoms with van der Waals surface area (Å²) in [6.07, 6.45) is 11.9. The minimum atomic E-state index is 1.15. The van der Waals surface area contributed by atoms with Gasteiger partial charge in [0, 0.05) is 6.54 Å². The number of nitrogens with zero attached hydrogens (tertiary/aromatic N) is 3. The highest BCUT2D eigenvalue weighted by Crippen LogP contribution is 2.08. The molecule has 1 aliphatic rings. The minimum absolute atomic E-state index is 1.15. The van der Waals surface area contributed by atoms with E-state index >= 15 is 0 Å². The van der Waals surface area contributed by atoms with Gasteiger partial charge in [-0.25, -0.2) is 9.13 Å². The summed E-state index contributed by atoms with van der Waals surface area (Å²) in [6.45, 7) is 5.05. The molecule has 3 heteroatoms. The van der Waals surface area contributed by atoms with E-state index in [9.17, 15) is 0 Å². The zero-order chi connectivity index (χ0) is 10.5. The van der Waals surface area contributed by atoms with Crippen LogP contribution in [0.5, 0.6) is 0 Å². The lowest BCUT2D eigenvalue weighted by molar-refractivity contribution is -0.671. The van der Waals surface area contributed by atoms with Gasteiger partial charge in [-0.2, -0.15) is 0 Å². The summed E-state index contributed by atoms with van der Waals surface area (Å²) in [6, 6.07) is 0. The maximum atomic E-state index is 2.60. The van der Waals surface area contributed by atoms with Gasteiger partial charge < -0.3 is 4.90 Å². The summed E-state index contributed by atoms with van der Waals surface area (Å²) in [5, 5.41) is 0. The Balaban J connectivity index is 1.65. The first-order valence-electron chi connectivity index (χ1n) is 6.08. The first kappa shape index (κ1) is 10.7. The van der Waals surface area contributed by atoms with Crippen LogP contribution in [0, 0.1) is 0 Å². The normalized spacial score (nSPS) is 18.2. The van der Waals surface area contributed by atoms with Crippen LogP contribution in [-0.2, 0) is 13.6 Å². The van der Waals surface area contributed by atoms with Gasteiger partial charge >= 0.3 is 0 Å². The smallest absolute Gasteiger partial charge is 0.243 e. The number of imidazole rings is 1. The minimum Gasteiger partial charge on any atom is -0.303 e. The molecule has 1 fully saturated rings. The quantitative estimate of drug-likeness (QED) is 0.677. The Morgan fingerprint density at radius 1 is 1.13 bits per heavy atom. The Hall–Kier alpha value is -0.830. The third kappa shape index (κ3) is 3.34. The second-order valence-corrected chi connectivity index (χ2v) is 4.57. The Bertz CT molecular complexity index is 287. The van der Waals surface area contributed by atoms with Crippen molar-refractivity contribution >= 4 is 0 Å². The van der Waals surface area contributed by atoms with E-state index in [1.165, 1.54) is 45.3 Å². The van der Waals surface area contributed by atoms with Gasteiger partial charge in [-0.05, 0) is 32.4 Å². The van der Waals surface area contributed by atoms with Crippen molar-refractivity contribution < 1.29 is 4.57 Å². The van der Waals surface area contributed by atoms with E-state index < -0.39 is 0 Å². The topological polar surface area (TPSA) is 12.0 Å². The van der Waals surface area contributed by atoms with Crippen LogP contribution in [0.25, 0.3) is 0 Å². The lowest BCUT2D eigenvalue weighted by Crippen LogP contribution is -2.31. The second-order valence-electron chi connectivity index (χ2n) is 4.57. The molecule has 0 spiro atoms. The van der Waals surface area contributed by atoms with Crippen LogP contribution in [0.2, 0.25) is 0 Å². The summed E-state index contributed by atoms with van der Waals surface area (Å²) in [5.41, 5.74) is 0. The van der Waals surface area contributed by atoms with Crippen LogP contribution in [0.1, 0.15) is 25.7 Å². The summed E-state index contributed by atoms with van der Waals surface area (Å²) in [4.78, 5) is 2.60. The molecule has 1 aliphatic heterocycles. The zero-order valence-corrected chi connectivity index (χ0v) is 9.73. The predicted molar refractivity (Wildman–Crippen MR) is 60.5 cm³/mol. The molecule has 0 unspecified atom stereocenters. The summed E-state index contributed by atoms with van der Waals surface area (Å²) >= 11 is 0. The average molecular weight is 208 g/mol. The van der Waals surface area contributed by atoms with Crippen LogP contribution in [0.3, 0.4) is 0 Å². The number of likely N-dealkylation sites (tertiary alicyclic amines) is 1. The van der Waals surface area contributed by atoms with Gasteiger partial charge in [0.05, 0.1) is 13.6 Å². The highest BCUT2D eigenvalue weighted by molar-refractivity contribution is 4.68. The molecule has 0 aromatic carbocycles. The fourth-order valence-electron chi connectivity index (χ4n) is 2.29. The van der Waals surface area contributed by atoms with E-state index in [1.54, 1.807) is 0 Å². The molecule has 0 radical (unpaired) electrons. The van der Waals surface area contributed by atoms with Gasteiger partial charge in [0.25, 0.3) is 0 Å². The number of aromatic nitrogens is 2. The molecule has 1 saturated heterocycles. The van der Waals surface area contributed by atoms with Crippen LogP contribution in [0.4, 0.5) is 0 Å². The van der Waals surface area contributed by atoms with Crippen molar-refractivity contribution in [2.75, 3.05) is 19.6 Å². The highest BCUT2D eigenvalue weighted by atomic mass is 15.1. The van der Waals surface area contributed by atoms with Gasteiger partial charge in [0.15, 0.2) is 0 Å². The molecule has 2 rings (SSSR count). The molecule has 0 saturated carbocycles. The fraction of sp³-hybridized carbons (Fsp3) is 0.750. The SMILES string of the molecule is C[n+]1ccn(CCCN2CCCCC2)c1. The third-order valence-electron chi connectivity index (χ3n) is 3.16. The van der Waals surface area contributed by atoms with Crippen molar-refractivity contribution in [3.63, 3.8) is 0 Å². The number of hydrogen-bond donors (Lipinski definition) is 0. The molecule has 3 nitrogen and oxygen atoms in total. The first-order chi connectivity index (χ1) is 7.34. The van der Waals surface area contributed by atoms with Crippen molar-refractivity contribution in [1.82, 2.24) is 9.47 Å². The Morgan fingerprint density at radius 2 is 1.93 bits per heavy atom. The summed E-state index contributed by atoms with van der Waals surface area (Å²) < 4.78 is 4.37. The van der Waals surface area contributed by atoms with E-state index in [0.717, 1.165) is 6.54 Å². The van der Waals surface area contributed by atoms with Gasteiger partial charge in [-0.3, -0.25) is 0 Å². The van der Waals surface area contributed by atoms with Crippen molar-refractivity contribution in [3.8, 4) is 0 Å². The standard InChI is InChI=1S/C12H22N3/c1-13-10-11-15(12-13)9-5-8-14-6-3-2-4-7-14/h10-12H,2-9H2,1H3/q+1. The molecular weight excluding hydrogens is 186 g/mol. The highest BCUT2D eigenvalue weighted by Gasteiger charge is 2.09. The van der Waals surface area contributed by atoms with Crippen molar-refractivity contribution in [1.29, 1.82) is 0 Å². The molecule has 1 aromatic rings. The lowest BCUT2D eigenvalue weighted by Gasteiger charge is -2.25. The van der Waals surface area contributed by atoms with Crippen molar-refractivity contribution in [2.24, 2.45) is 7.05 Å². The van der Waals surface area contributed by atoms with Crippen LogP contribution in [0.15, 0.2) is 18.7 Å². The lowest BCUT2D eigenvalue weighted by atomic mass is 10.1. The van der Waals surface area contributed by atoms with E-state index in [4.69, 9.17) is 0 Å². The molecule has 2 heterocycles. The molecule has 0 atom stereocenters. The molecule has 0 amide bonds. The van der Waals surface area contributed by atoms with Crippen LogP contribution in [-0.4, -0.2) is 29.1 Å². The van der Waals surface area contributed by atoms with E-state index in [2.05, 4.69) is 39.8 Å². The summed E-state index contributed by atoms with van der Waals surface area (Å²) in [7, 11) is 2.07. The molecule has 0 aliphatic carbocycles. The Labute approximate surface area is 92.3 Å². The number of piperidine rings is 1. The molecule has 0 bridgehead atoms. The number of rotatable bonds is 4. The zero-order valence-electron chi connectivity index (χ0n) is 9.73. The molecule has 0 N–H and O–H groups in total.